The van der Waals surface area contributed by atoms with E-state index in [0.29, 0.717) is 6.04 Å². The standard InChI is InChI=1S/C11H20N2O/c1-9(14)13-7-4-10(12(2)3)8-11(13)5-6-11/h10H,4-8H2,1-3H3. The first-order chi connectivity index (χ1) is 6.55. The quantitative estimate of drug-likeness (QED) is 0.627. The summed E-state index contributed by atoms with van der Waals surface area (Å²) in [5, 5.41) is 0. The third-order valence-electron chi connectivity index (χ3n) is 3.81. The fourth-order valence-electron chi connectivity index (χ4n) is 2.72. The summed E-state index contributed by atoms with van der Waals surface area (Å²) in [7, 11) is 4.29. The average molecular weight is 196 g/mol. The van der Waals surface area contributed by atoms with E-state index in [1.807, 2.05) is 0 Å². The fraction of sp³-hybridized carbons (Fsp3) is 0.909. The topological polar surface area (TPSA) is 23.6 Å². The maximum Gasteiger partial charge on any atom is 0.219 e. The van der Waals surface area contributed by atoms with Gasteiger partial charge in [0.2, 0.25) is 5.91 Å². The van der Waals surface area contributed by atoms with Crippen LogP contribution in [0.2, 0.25) is 0 Å². The zero-order valence-corrected chi connectivity index (χ0v) is 9.42. The minimum absolute atomic E-state index is 0.263. The van der Waals surface area contributed by atoms with Crippen LogP contribution < -0.4 is 0 Å². The van der Waals surface area contributed by atoms with Crippen LogP contribution in [0.15, 0.2) is 0 Å². The zero-order chi connectivity index (χ0) is 10.3. The van der Waals surface area contributed by atoms with Gasteiger partial charge in [-0.2, -0.15) is 0 Å². The van der Waals surface area contributed by atoms with Crippen molar-refractivity contribution in [2.45, 2.75) is 44.2 Å². The molecule has 0 radical (unpaired) electrons. The van der Waals surface area contributed by atoms with Gasteiger partial charge in [-0.15, -0.1) is 0 Å². The van der Waals surface area contributed by atoms with Crippen molar-refractivity contribution in [1.29, 1.82) is 0 Å². The van der Waals surface area contributed by atoms with E-state index in [2.05, 4.69) is 23.9 Å². The first-order valence-corrected chi connectivity index (χ1v) is 5.50. The lowest BCUT2D eigenvalue weighted by Crippen LogP contribution is -2.51. The maximum absolute atomic E-state index is 11.4. The van der Waals surface area contributed by atoms with Crippen LogP contribution in [-0.4, -0.2) is 47.9 Å². The Hall–Kier alpha value is -0.570. The van der Waals surface area contributed by atoms with Crippen molar-refractivity contribution in [2.24, 2.45) is 0 Å². The van der Waals surface area contributed by atoms with Gasteiger partial charge in [0.1, 0.15) is 0 Å². The van der Waals surface area contributed by atoms with Crippen LogP contribution in [0.25, 0.3) is 0 Å². The molecule has 3 nitrogen and oxygen atoms in total. The number of hydrogen-bond acceptors (Lipinski definition) is 2. The third kappa shape index (κ3) is 1.54. The minimum Gasteiger partial charge on any atom is -0.337 e. The molecule has 1 saturated heterocycles. The zero-order valence-electron chi connectivity index (χ0n) is 9.42. The lowest BCUT2D eigenvalue weighted by atomic mass is 9.94. The van der Waals surface area contributed by atoms with E-state index in [9.17, 15) is 4.79 Å². The normalized spacial score (nSPS) is 29.7. The molecule has 2 fully saturated rings. The molecule has 1 aliphatic heterocycles. The molecule has 1 amide bonds. The summed E-state index contributed by atoms with van der Waals surface area (Å²) in [5.41, 5.74) is 0.263. The lowest BCUT2D eigenvalue weighted by molar-refractivity contribution is -0.134. The van der Waals surface area contributed by atoms with Gasteiger partial charge in [-0.25, -0.2) is 0 Å². The molecule has 0 bridgehead atoms. The largest absolute Gasteiger partial charge is 0.337 e. The number of amides is 1. The van der Waals surface area contributed by atoms with Gasteiger partial charge in [-0.05, 0) is 39.8 Å². The van der Waals surface area contributed by atoms with Gasteiger partial charge in [0.15, 0.2) is 0 Å². The Bertz CT molecular complexity index is 246. The molecule has 1 unspecified atom stereocenters. The molecular weight excluding hydrogens is 176 g/mol. The van der Waals surface area contributed by atoms with E-state index in [-0.39, 0.29) is 11.4 Å². The highest BCUT2D eigenvalue weighted by molar-refractivity contribution is 5.75. The highest BCUT2D eigenvalue weighted by Crippen LogP contribution is 2.48. The Labute approximate surface area is 86.1 Å². The van der Waals surface area contributed by atoms with Crippen molar-refractivity contribution in [3.63, 3.8) is 0 Å². The van der Waals surface area contributed by atoms with Crippen molar-refractivity contribution in [3.05, 3.63) is 0 Å². The van der Waals surface area contributed by atoms with Gasteiger partial charge in [-0.3, -0.25) is 4.79 Å². The van der Waals surface area contributed by atoms with Crippen LogP contribution in [0.1, 0.15) is 32.6 Å². The first kappa shape index (κ1) is 9.97. The van der Waals surface area contributed by atoms with Crippen LogP contribution in [0.5, 0.6) is 0 Å². The Morgan fingerprint density at radius 1 is 1.43 bits per heavy atom. The van der Waals surface area contributed by atoms with Crippen molar-refractivity contribution < 1.29 is 4.79 Å². The summed E-state index contributed by atoms with van der Waals surface area (Å²) in [6, 6.07) is 0.674. The molecule has 0 aromatic rings. The number of carbonyl (C=O) groups is 1. The molecule has 0 N–H and O–H groups in total. The van der Waals surface area contributed by atoms with Crippen LogP contribution in [0, 0.1) is 0 Å². The Balaban J connectivity index is 2.06. The van der Waals surface area contributed by atoms with Crippen molar-refractivity contribution in [1.82, 2.24) is 9.80 Å². The number of likely N-dealkylation sites (tertiary alicyclic amines) is 1. The molecule has 80 valence electrons. The lowest BCUT2D eigenvalue weighted by Gasteiger charge is -2.42. The smallest absolute Gasteiger partial charge is 0.219 e. The van der Waals surface area contributed by atoms with E-state index in [1.54, 1.807) is 6.92 Å². The molecule has 2 rings (SSSR count). The van der Waals surface area contributed by atoms with Crippen LogP contribution in [-0.2, 0) is 4.79 Å². The minimum atomic E-state index is 0.263. The van der Waals surface area contributed by atoms with Crippen molar-refractivity contribution in [2.75, 3.05) is 20.6 Å². The van der Waals surface area contributed by atoms with Crippen molar-refractivity contribution >= 4 is 5.91 Å². The monoisotopic (exact) mass is 196 g/mol. The summed E-state index contributed by atoms with van der Waals surface area (Å²) in [4.78, 5) is 15.9. The van der Waals surface area contributed by atoms with Gasteiger partial charge >= 0.3 is 0 Å². The van der Waals surface area contributed by atoms with Gasteiger partial charge < -0.3 is 9.80 Å². The van der Waals surface area contributed by atoms with Gasteiger partial charge in [0, 0.05) is 25.0 Å². The number of piperidine rings is 1. The number of nitrogens with zero attached hydrogens (tertiary/aromatic N) is 2. The van der Waals surface area contributed by atoms with E-state index in [0.717, 1.165) is 13.0 Å². The average Bonchev–Trinajstić information content (AvgIpc) is 2.84. The predicted molar refractivity (Wildman–Crippen MR) is 56.1 cm³/mol. The SMILES string of the molecule is CC(=O)N1CCC(N(C)C)CC12CC2. The van der Waals surface area contributed by atoms with Gasteiger partial charge in [0.25, 0.3) is 0 Å². The van der Waals surface area contributed by atoms with E-state index in [1.165, 1.54) is 19.3 Å². The molecule has 3 heteroatoms. The van der Waals surface area contributed by atoms with E-state index in [4.69, 9.17) is 0 Å². The molecule has 2 aliphatic rings. The number of hydrogen-bond donors (Lipinski definition) is 0. The van der Waals surface area contributed by atoms with E-state index >= 15 is 0 Å². The molecule has 1 heterocycles. The molecule has 1 atom stereocenters. The highest BCUT2D eigenvalue weighted by atomic mass is 16.2. The second kappa shape index (κ2) is 3.23. The second-order valence-electron chi connectivity index (χ2n) is 5.01. The maximum atomic E-state index is 11.4. The number of carbonyl (C=O) groups excluding carboxylic acids is 1. The summed E-state index contributed by atoms with van der Waals surface area (Å²) < 4.78 is 0. The molecule has 1 saturated carbocycles. The Morgan fingerprint density at radius 2 is 2.07 bits per heavy atom. The molecule has 14 heavy (non-hydrogen) atoms. The number of rotatable bonds is 1. The summed E-state index contributed by atoms with van der Waals surface area (Å²) in [6.07, 6.45) is 4.75. The Morgan fingerprint density at radius 3 is 2.50 bits per heavy atom. The Kier molecular flexibility index (Phi) is 2.30. The molecule has 0 aromatic carbocycles. The first-order valence-electron chi connectivity index (χ1n) is 5.50. The van der Waals surface area contributed by atoms with Gasteiger partial charge in [-0.1, -0.05) is 0 Å². The van der Waals surface area contributed by atoms with Crippen LogP contribution in [0.3, 0.4) is 0 Å². The summed E-state index contributed by atoms with van der Waals surface area (Å²) in [5.74, 6) is 0.264. The highest BCUT2D eigenvalue weighted by Gasteiger charge is 2.52. The predicted octanol–water partition coefficient (Wildman–Crippen LogP) is 1.09. The fourth-order valence-corrected chi connectivity index (χ4v) is 2.72. The molecule has 0 aromatic heterocycles. The van der Waals surface area contributed by atoms with E-state index < -0.39 is 0 Å². The molecule has 1 spiro atoms. The second-order valence-corrected chi connectivity index (χ2v) is 5.01. The summed E-state index contributed by atoms with van der Waals surface area (Å²) >= 11 is 0. The molecular formula is C11H20N2O. The molecule has 1 aliphatic carbocycles. The van der Waals surface area contributed by atoms with Crippen LogP contribution >= 0.6 is 0 Å². The third-order valence-corrected chi connectivity index (χ3v) is 3.81. The van der Waals surface area contributed by atoms with Crippen molar-refractivity contribution in [3.8, 4) is 0 Å². The van der Waals surface area contributed by atoms with Gasteiger partial charge in [0.05, 0.1) is 0 Å². The summed E-state index contributed by atoms with van der Waals surface area (Å²) in [6.45, 7) is 2.66. The van der Waals surface area contributed by atoms with Crippen LogP contribution in [0.4, 0.5) is 0 Å².